The van der Waals surface area contributed by atoms with Gasteiger partial charge in [-0.3, -0.25) is 0 Å². The van der Waals surface area contributed by atoms with Crippen LogP contribution in [0.1, 0.15) is 45.2 Å². The zero-order valence-corrected chi connectivity index (χ0v) is 12.4. The Kier molecular flexibility index (Phi) is 4.75. The minimum absolute atomic E-state index is 0.0886. The highest BCUT2D eigenvalue weighted by Crippen LogP contribution is 2.36. The van der Waals surface area contributed by atoms with Crippen molar-refractivity contribution in [3.05, 3.63) is 18.0 Å². The van der Waals surface area contributed by atoms with Crippen LogP contribution in [0.5, 0.6) is 0 Å². The fraction of sp³-hybridized carbons (Fsp3) is 0.733. The Morgan fingerprint density at radius 1 is 1.26 bits per heavy atom. The first-order valence-electron chi connectivity index (χ1n) is 7.46. The van der Waals surface area contributed by atoms with E-state index in [4.69, 9.17) is 4.74 Å². The molecular weight excluding hydrogens is 238 g/mol. The molecule has 0 N–H and O–H groups in total. The average Bonchev–Trinajstić information content (AvgIpc) is 2.89. The van der Waals surface area contributed by atoms with Crippen molar-refractivity contribution in [2.45, 2.75) is 52.1 Å². The predicted octanol–water partition coefficient (Wildman–Crippen LogP) is 2.96. The van der Waals surface area contributed by atoms with Gasteiger partial charge in [-0.05, 0) is 25.8 Å². The molecule has 1 aliphatic heterocycles. The molecule has 106 valence electrons. The van der Waals surface area contributed by atoms with Crippen LogP contribution in [0.25, 0.3) is 0 Å². The Morgan fingerprint density at radius 3 is 2.68 bits per heavy atom. The summed E-state index contributed by atoms with van der Waals surface area (Å²) in [5, 5.41) is 0. The molecule has 0 unspecified atom stereocenters. The molecule has 1 aromatic rings. The predicted molar refractivity (Wildman–Crippen MR) is 77.5 cm³/mol. The first-order valence-corrected chi connectivity index (χ1v) is 7.46. The van der Waals surface area contributed by atoms with Crippen LogP contribution < -0.4 is 4.90 Å². The topological polar surface area (TPSA) is 38.2 Å². The molecule has 4 heteroatoms. The molecule has 1 saturated carbocycles. The number of nitrogens with zero attached hydrogens (tertiary/aromatic N) is 3. The van der Waals surface area contributed by atoms with Crippen LogP contribution >= 0.6 is 0 Å². The van der Waals surface area contributed by atoms with E-state index in [0.717, 1.165) is 31.3 Å². The van der Waals surface area contributed by atoms with Crippen molar-refractivity contribution in [2.75, 3.05) is 24.6 Å². The summed E-state index contributed by atoms with van der Waals surface area (Å²) in [4.78, 5) is 11.2. The van der Waals surface area contributed by atoms with E-state index < -0.39 is 0 Å². The Morgan fingerprint density at radius 2 is 2.00 bits per heavy atom. The van der Waals surface area contributed by atoms with Crippen molar-refractivity contribution >= 4 is 5.95 Å². The van der Waals surface area contributed by atoms with Gasteiger partial charge in [-0.25, -0.2) is 9.97 Å². The molecule has 0 aromatic carbocycles. The van der Waals surface area contributed by atoms with Crippen molar-refractivity contribution in [1.82, 2.24) is 9.97 Å². The van der Waals surface area contributed by atoms with Gasteiger partial charge in [-0.15, -0.1) is 0 Å². The smallest absolute Gasteiger partial charge is 0.225 e. The second-order valence-electron chi connectivity index (χ2n) is 5.16. The first kappa shape index (κ1) is 14.3. The molecule has 0 atom stereocenters. The lowest BCUT2D eigenvalue weighted by atomic mass is 10.00. The largest absolute Gasteiger partial charge is 0.371 e. The zero-order valence-electron chi connectivity index (χ0n) is 12.4. The van der Waals surface area contributed by atoms with Crippen LogP contribution in [0.2, 0.25) is 0 Å². The highest BCUT2D eigenvalue weighted by molar-refractivity contribution is 5.32. The molecule has 1 spiro atoms. The SMILES string of the molecule is CC.Cc1ccnc(N2CCOC3(CCCC3)C2)n1. The van der Waals surface area contributed by atoms with Crippen LogP contribution in [-0.4, -0.2) is 35.3 Å². The van der Waals surface area contributed by atoms with Crippen LogP contribution in [-0.2, 0) is 4.74 Å². The summed E-state index contributed by atoms with van der Waals surface area (Å²) in [5.74, 6) is 0.861. The van der Waals surface area contributed by atoms with Crippen LogP contribution in [0.4, 0.5) is 5.95 Å². The minimum atomic E-state index is 0.0886. The van der Waals surface area contributed by atoms with E-state index in [1.807, 2.05) is 33.0 Å². The molecule has 3 rings (SSSR count). The molecular formula is C15H25N3O. The monoisotopic (exact) mass is 263 g/mol. The number of anilines is 1. The van der Waals surface area contributed by atoms with Gasteiger partial charge in [-0.2, -0.15) is 0 Å². The Balaban J connectivity index is 0.000000637. The van der Waals surface area contributed by atoms with Crippen LogP contribution in [0, 0.1) is 6.92 Å². The third-order valence-electron chi connectivity index (χ3n) is 3.83. The van der Waals surface area contributed by atoms with E-state index >= 15 is 0 Å². The van der Waals surface area contributed by atoms with Crippen molar-refractivity contribution < 1.29 is 4.74 Å². The molecule has 2 fully saturated rings. The average molecular weight is 263 g/mol. The highest BCUT2D eigenvalue weighted by Gasteiger charge is 2.39. The Labute approximate surface area is 116 Å². The number of hydrogen-bond donors (Lipinski definition) is 0. The van der Waals surface area contributed by atoms with Crippen LogP contribution in [0.15, 0.2) is 12.3 Å². The number of morpholine rings is 1. The molecule has 2 heterocycles. The van der Waals surface area contributed by atoms with Crippen LogP contribution in [0.3, 0.4) is 0 Å². The van der Waals surface area contributed by atoms with E-state index in [0.29, 0.717) is 0 Å². The summed E-state index contributed by atoms with van der Waals surface area (Å²) >= 11 is 0. The van der Waals surface area contributed by atoms with Crippen molar-refractivity contribution in [3.63, 3.8) is 0 Å². The van der Waals surface area contributed by atoms with Gasteiger partial charge in [0.2, 0.25) is 5.95 Å². The first-order chi connectivity index (χ1) is 9.27. The molecule has 0 amide bonds. The standard InChI is InChI=1S/C13H19N3O.C2H6/c1-11-4-7-14-12(15-11)16-8-9-17-13(10-16)5-2-3-6-13;1-2/h4,7H,2-3,5-6,8-10H2,1H3;1-2H3. The van der Waals surface area contributed by atoms with Gasteiger partial charge in [0.05, 0.1) is 12.2 Å². The second-order valence-corrected chi connectivity index (χ2v) is 5.16. The van der Waals surface area contributed by atoms with Gasteiger partial charge in [-0.1, -0.05) is 26.7 Å². The van der Waals surface area contributed by atoms with Gasteiger partial charge in [0, 0.05) is 25.0 Å². The van der Waals surface area contributed by atoms with E-state index in [2.05, 4.69) is 14.9 Å². The van der Waals surface area contributed by atoms with Gasteiger partial charge in [0.25, 0.3) is 0 Å². The summed E-state index contributed by atoms with van der Waals surface area (Å²) in [7, 11) is 0. The number of hydrogen-bond acceptors (Lipinski definition) is 4. The van der Waals surface area contributed by atoms with Gasteiger partial charge >= 0.3 is 0 Å². The molecule has 0 radical (unpaired) electrons. The third-order valence-corrected chi connectivity index (χ3v) is 3.83. The summed E-state index contributed by atoms with van der Waals surface area (Å²) < 4.78 is 6.01. The summed E-state index contributed by atoms with van der Waals surface area (Å²) in [5.41, 5.74) is 1.12. The molecule has 1 aliphatic carbocycles. The van der Waals surface area contributed by atoms with Gasteiger partial charge in [0.1, 0.15) is 0 Å². The van der Waals surface area contributed by atoms with Gasteiger partial charge in [0.15, 0.2) is 0 Å². The lowest BCUT2D eigenvalue weighted by molar-refractivity contribution is -0.0505. The second kappa shape index (κ2) is 6.33. The number of aromatic nitrogens is 2. The maximum Gasteiger partial charge on any atom is 0.225 e. The quantitative estimate of drug-likeness (QED) is 0.781. The highest BCUT2D eigenvalue weighted by atomic mass is 16.5. The molecule has 1 saturated heterocycles. The third kappa shape index (κ3) is 3.24. The molecule has 1 aromatic heterocycles. The Hall–Kier alpha value is -1.16. The summed E-state index contributed by atoms with van der Waals surface area (Å²) in [6.07, 6.45) is 6.81. The van der Waals surface area contributed by atoms with Gasteiger partial charge < -0.3 is 9.64 Å². The summed E-state index contributed by atoms with van der Waals surface area (Å²) in [6.45, 7) is 8.68. The van der Waals surface area contributed by atoms with Crippen molar-refractivity contribution in [1.29, 1.82) is 0 Å². The maximum atomic E-state index is 6.01. The number of aryl methyl sites for hydroxylation is 1. The molecule has 2 aliphatic rings. The van der Waals surface area contributed by atoms with E-state index in [1.54, 1.807) is 0 Å². The molecule has 4 nitrogen and oxygen atoms in total. The zero-order chi connectivity index (χ0) is 13.7. The van der Waals surface area contributed by atoms with E-state index in [-0.39, 0.29) is 5.60 Å². The molecule has 0 bridgehead atoms. The minimum Gasteiger partial charge on any atom is -0.371 e. The number of rotatable bonds is 1. The number of ether oxygens (including phenoxy) is 1. The van der Waals surface area contributed by atoms with E-state index in [1.165, 1.54) is 25.7 Å². The lowest BCUT2D eigenvalue weighted by Crippen LogP contribution is -2.51. The molecule has 19 heavy (non-hydrogen) atoms. The Bertz CT molecular complexity index is 402. The normalized spacial score (nSPS) is 21.1. The van der Waals surface area contributed by atoms with Crippen molar-refractivity contribution in [2.24, 2.45) is 0 Å². The fourth-order valence-electron chi connectivity index (χ4n) is 2.93. The maximum absolute atomic E-state index is 6.01. The van der Waals surface area contributed by atoms with Crippen molar-refractivity contribution in [3.8, 4) is 0 Å². The summed E-state index contributed by atoms with van der Waals surface area (Å²) in [6, 6.07) is 1.94. The van der Waals surface area contributed by atoms with E-state index in [9.17, 15) is 0 Å². The lowest BCUT2D eigenvalue weighted by Gasteiger charge is -2.40. The fourth-order valence-corrected chi connectivity index (χ4v) is 2.93.